The molecule has 12 nitrogen and oxygen atoms in total. The van der Waals surface area contributed by atoms with E-state index in [-0.39, 0.29) is 36.2 Å². The van der Waals surface area contributed by atoms with Gasteiger partial charge >= 0.3 is 0 Å². The Morgan fingerprint density at radius 1 is 0.864 bits per heavy atom. The lowest BCUT2D eigenvalue weighted by Crippen LogP contribution is -2.49. The highest BCUT2D eigenvalue weighted by Crippen LogP contribution is 2.64. The molecule has 0 radical (unpaired) electrons. The van der Waals surface area contributed by atoms with Crippen LogP contribution in [0.1, 0.15) is 47.9 Å². The number of amides is 4. The molecular weight excluding hydrogens is 944 g/mol. The summed E-state index contributed by atoms with van der Waals surface area (Å²) in [7, 11) is 6.37. The summed E-state index contributed by atoms with van der Waals surface area (Å²) >= 11 is 11.4. The second-order valence-corrected chi connectivity index (χ2v) is 19.8. The number of allylic oxidation sites excluding steroid dienone is 2. The Morgan fingerprint density at radius 2 is 1.62 bits per heavy atom. The highest BCUT2D eigenvalue weighted by Gasteiger charge is 2.68. The minimum atomic E-state index is -1.34. The van der Waals surface area contributed by atoms with Gasteiger partial charge in [-0.15, -0.1) is 11.3 Å². The predicted octanol–water partition coefficient (Wildman–Crippen LogP) is 10.4. The normalized spacial score (nSPS) is 23.7. The van der Waals surface area contributed by atoms with Crippen LogP contribution in [-0.2, 0) is 26.2 Å². The van der Waals surface area contributed by atoms with E-state index in [2.05, 4.69) is 15.9 Å². The van der Waals surface area contributed by atoms with Gasteiger partial charge in [-0.05, 0) is 131 Å². The zero-order chi connectivity index (χ0) is 46.5. The van der Waals surface area contributed by atoms with Crippen molar-refractivity contribution in [2.24, 2.45) is 36.1 Å². The Hall–Kier alpha value is -6.22. The Bertz CT molecular complexity index is 3120. The van der Waals surface area contributed by atoms with E-state index in [0.29, 0.717) is 43.8 Å². The van der Waals surface area contributed by atoms with E-state index in [4.69, 9.17) is 30.9 Å². The molecule has 336 valence electrons. The Labute approximate surface area is 398 Å². The molecule has 4 aromatic carbocycles. The molecule has 4 aliphatic rings. The third-order valence-electron chi connectivity index (χ3n) is 14.1. The van der Waals surface area contributed by atoms with Crippen molar-refractivity contribution in [2.75, 3.05) is 31.1 Å². The lowest BCUT2D eigenvalue weighted by atomic mass is 9.51. The molecule has 4 heterocycles. The average Bonchev–Trinajstić information content (AvgIpc) is 3.99. The monoisotopic (exact) mass is 986 g/mol. The molecule has 1 N–H and O–H groups in total. The van der Waals surface area contributed by atoms with Crippen molar-refractivity contribution in [2.45, 2.75) is 32.6 Å². The molecule has 2 aliphatic carbocycles. The Morgan fingerprint density at radius 3 is 2.35 bits per heavy atom. The molecule has 6 unspecified atom stereocenters. The number of ether oxygens (including phenoxy) is 3. The van der Waals surface area contributed by atoms with Gasteiger partial charge in [0.25, 0.3) is 0 Å². The first-order valence-corrected chi connectivity index (χ1v) is 23.4. The Balaban J connectivity index is 1.01. The molecule has 3 fully saturated rings. The van der Waals surface area contributed by atoms with Crippen LogP contribution in [0.5, 0.6) is 23.0 Å². The largest absolute Gasteiger partial charge is 0.503 e. The number of carbonyl (C=O) groups excluding carboxylic acids is 4. The molecule has 10 rings (SSSR count). The third-order valence-corrected chi connectivity index (χ3v) is 16.3. The number of imide groups is 2. The van der Waals surface area contributed by atoms with Crippen LogP contribution in [0.15, 0.2) is 95.0 Å². The van der Waals surface area contributed by atoms with Gasteiger partial charge in [0.2, 0.25) is 23.6 Å². The first kappa shape index (κ1) is 43.7. The summed E-state index contributed by atoms with van der Waals surface area (Å²) in [5, 5.41) is 17.4. The van der Waals surface area contributed by atoms with Gasteiger partial charge in [0, 0.05) is 34.3 Å². The Kier molecular flexibility index (Phi) is 10.8. The first-order chi connectivity index (χ1) is 31.7. The zero-order valence-corrected chi connectivity index (χ0v) is 40.0. The fourth-order valence-corrected chi connectivity index (χ4v) is 12.7. The minimum absolute atomic E-state index is 0.113. The van der Waals surface area contributed by atoms with Crippen LogP contribution in [0.4, 0.5) is 11.5 Å². The third kappa shape index (κ3) is 6.62. The van der Waals surface area contributed by atoms with Crippen LogP contribution in [0.2, 0.25) is 5.02 Å². The van der Waals surface area contributed by atoms with Crippen molar-refractivity contribution in [3.8, 4) is 33.6 Å². The molecule has 15 heteroatoms. The van der Waals surface area contributed by atoms with E-state index in [0.717, 1.165) is 37.2 Å². The van der Waals surface area contributed by atoms with Gasteiger partial charge in [0.15, 0.2) is 11.5 Å². The van der Waals surface area contributed by atoms with Crippen LogP contribution in [-0.4, -0.2) is 59.8 Å². The lowest BCUT2D eigenvalue weighted by Gasteiger charge is -2.49. The van der Waals surface area contributed by atoms with Crippen molar-refractivity contribution in [1.82, 2.24) is 9.78 Å². The SMILES string of the molecule is COc1ccc(OC)c(C=Cc2ccc(N3C(=O)C4CC=C5C(CC6C(=O)N(c7cc(-c8sc9ccc(Cl)cc9c8C)nn7C)C(=O)C6(C)C5c5cc(Br)c(O)c(OC)c5)C4C3=O)cc2)c1. The number of benzene rings is 4. The summed E-state index contributed by atoms with van der Waals surface area (Å²) in [6.45, 7) is 3.83. The number of fused-ring (bicyclic) bond motifs is 5. The molecule has 0 spiro atoms. The molecule has 6 aromatic rings. The summed E-state index contributed by atoms with van der Waals surface area (Å²) in [6.07, 6.45) is 6.26. The fourth-order valence-electron chi connectivity index (χ4n) is 10.9. The molecule has 6 atom stereocenters. The average molecular weight is 988 g/mol. The molecule has 2 aromatic heterocycles. The van der Waals surface area contributed by atoms with Crippen molar-refractivity contribution >= 4 is 96.2 Å². The molecule has 0 bridgehead atoms. The van der Waals surface area contributed by atoms with Crippen molar-refractivity contribution in [1.29, 1.82) is 0 Å². The fraction of sp³-hybridized carbons (Fsp3) is 0.275. The second kappa shape index (κ2) is 16.3. The topological polar surface area (TPSA) is 140 Å². The summed E-state index contributed by atoms with van der Waals surface area (Å²) in [4.78, 5) is 63.2. The molecule has 2 aliphatic heterocycles. The number of aryl methyl sites for hydroxylation is 2. The highest BCUT2D eigenvalue weighted by atomic mass is 79.9. The number of halogens is 2. The number of phenols is 1. The van der Waals surface area contributed by atoms with Gasteiger partial charge < -0.3 is 19.3 Å². The van der Waals surface area contributed by atoms with Crippen LogP contribution >= 0.6 is 38.9 Å². The first-order valence-electron chi connectivity index (χ1n) is 21.4. The number of hydrogen-bond acceptors (Lipinski definition) is 10. The zero-order valence-electron chi connectivity index (χ0n) is 36.8. The number of anilines is 2. The van der Waals surface area contributed by atoms with E-state index < -0.39 is 46.8 Å². The number of hydrogen-bond donors (Lipinski definition) is 1. The highest BCUT2D eigenvalue weighted by molar-refractivity contribution is 9.10. The van der Waals surface area contributed by atoms with E-state index in [1.54, 1.807) is 67.6 Å². The minimum Gasteiger partial charge on any atom is -0.503 e. The van der Waals surface area contributed by atoms with Gasteiger partial charge in [0.05, 0.1) is 59.5 Å². The summed E-state index contributed by atoms with van der Waals surface area (Å²) in [5.41, 5.74) is 3.80. The molecule has 1 saturated carbocycles. The molecule has 4 amide bonds. The van der Waals surface area contributed by atoms with Crippen molar-refractivity contribution < 1.29 is 38.5 Å². The summed E-state index contributed by atoms with van der Waals surface area (Å²) in [6, 6.07) is 23.7. The second-order valence-electron chi connectivity index (χ2n) is 17.5. The number of phenolic OH excluding ortho intramolecular Hbond substituents is 1. The predicted molar refractivity (Wildman–Crippen MR) is 258 cm³/mol. The van der Waals surface area contributed by atoms with Gasteiger partial charge in [-0.1, -0.05) is 47.5 Å². The quantitative estimate of drug-likeness (QED) is 0.0852. The van der Waals surface area contributed by atoms with Crippen LogP contribution in [0.25, 0.3) is 32.8 Å². The van der Waals surface area contributed by atoms with E-state index in [9.17, 15) is 14.7 Å². The van der Waals surface area contributed by atoms with Crippen LogP contribution in [0.3, 0.4) is 0 Å². The van der Waals surface area contributed by atoms with Crippen molar-refractivity contribution in [3.05, 3.63) is 122 Å². The van der Waals surface area contributed by atoms with E-state index in [1.807, 2.05) is 80.6 Å². The number of rotatable bonds is 9. The molecule has 66 heavy (non-hydrogen) atoms. The lowest BCUT2D eigenvalue weighted by molar-refractivity contribution is -0.131. The van der Waals surface area contributed by atoms with E-state index in [1.165, 1.54) is 16.9 Å². The van der Waals surface area contributed by atoms with Crippen LogP contribution < -0.4 is 24.0 Å². The summed E-state index contributed by atoms with van der Waals surface area (Å²) < 4.78 is 19.5. The van der Waals surface area contributed by atoms with Gasteiger partial charge in [0.1, 0.15) is 23.0 Å². The van der Waals surface area contributed by atoms with E-state index >= 15 is 9.59 Å². The number of aromatic nitrogens is 2. The standard InChI is InChI=1S/C51H44BrClN4O8S/c1-25-34-22-29(53)11-18-41(34)66-46(25)38-24-42(55(3)54-38)57-48(60)36-23-35-32(44(51(36,2)50(57)62)28-20-37(52)45(58)40(21-28)65-6)15-16-33-43(35)49(61)56(47(33)59)30-12-8-26(9-13-30)7-10-27-19-31(63-4)14-17-39(27)64-5/h7-15,17-22,24,33,35-36,43-44,58H,16,23H2,1-6H3. The molecule has 2 saturated heterocycles. The van der Waals surface area contributed by atoms with Gasteiger partial charge in [-0.3, -0.25) is 28.8 Å². The smallest absolute Gasteiger partial charge is 0.242 e. The number of carbonyl (C=O) groups is 4. The maximum Gasteiger partial charge on any atom is 0.242 e. The van der Waals surface area contributed by atoms with Gasteiger partial charge in [-0.2, -0.15) is 5.10 Å². The number of thiophene rings is 1. The maximum absolute atomic E-state index is 15.4. The van der Waals surface area contributed by atoms with Crippen LogP contribution in [0, 0.1) is 36.0 Å². The van der Waals surface area contributed by atoms with Crippen molar-refractivity contribution in [3.63, 3.8) is 0 Å². The summed E-state index contributed by atoms with van der Waals surface area (Å²) in [5.74, 6) is -3.32. The van der Waals surface area contributed by atoms with Gasteiger partial charge in [-0.25, -0.2) is 4.90 Å². The number of nitrogens with zero attached hydrogens (tertiary/aromatic N) is 4. The number of methoxy groups -OCH3 is 3. The molecular formula is C51H44BrClN4O8S. The maximum atomic E-state index is 15.4. The number of aromatic hydroxyl groups is 1.